The lowest BCUT2D eigenvalue weighted by Gasteiger charge is -2.36. The maximum absolute atomic E-state index is 14.3. The number of unbranched alkanes of at least 4 members (excludes halogenated alkanes) is 1. The number of fused-ring (bicyclic) bond motifs is 2. The molecule has 5 rings (SSSR count). The molecule has 3 saturated heterocycles. The van der Waals surface area contributed by atoms with Crippen LogP contribution in [-0.4, -0.2) is 70.3 Å². The van der Waals surface area contributed by atoms with E-state index in [-0.39, 0.29) is 31.5 Å². The van der Waals surface area contributed by atoms with Gasteiger partial charge >= 0.3 is 5.97 Å². The van der Waals surface area contributed by atoms with Crippen molar-refractivity contribution < 1.29 is 29.3 Å². The lowest BCUT2D eigenvalue weighted by molar-refractivity contribution is -0.149. The molecule has 8 heteroatoms. The van der Waals surface area contributed by atoms with Crippen LogP contribution in [0.5, 0.6) is 0 Å². The number of aliphatic hydroxyl groups is 1. The number of amides is 2. The van der Waals surface area contributed by atoms with E-state index >= 15 is 0 Å². The maximum atomic E-state index is 14.3. The van der Waals surface area contributed by atoms with Gasteiger partial charge in [0.15, 0.2) is 0 Å². The Balaban J connectivity index is 1.56. The fourth-order valence-corrected chi connectivity index (χ4v) is 6.29. The van der Waals surface area contributed by atoms with Crippen molar-refractivity contribution >= 4 is 34.2 Å². The Kier molecular flexibility index (Phi) is 6.11. The highest BCUT2D eigenvalue weighted by molar-refractivity contribution is 6.05. The number of carboxylic acids is 1. The summed E-state index contributed by atoms with van der Waals surface area (Å²) in [5.41, 5.74) is -0.476. The second-order valence-corrected chi connectivity index (χ2v) is 9.63. The monoisotopic (exact) mass is 478 g/mol. The second-order valence-electron chi connectivity index (χ2n) is 9.63. The molecular formula is C27H30N2O6. The molecule has 8 nitrogen and oxygen atoms in total. The zero-order valence-corrected chi connectivity index (χ0v) is 19.5. The molecule has 5 atom stereocenters. The van der Waals surface area contributed by atoms with Crippen molar-refractivity contribution in [1.82, 2.24) is 4.90 Å². The zero-order chi connectivity index (χ0) is 24.7. The van der Waals surface area contributed by atoms with E-state index in [1.165, 1.54) is 4.90 Å². The van der Waals surface area contributed by atoms with E-state index in [2.05, 4.69) is 6.58 Å². The van der Waals surface area contributed by atoms with E-state index in [0.29, 0.717) is 31.4 Å². The van der Waals surface area contributed by atoms with Gasteiger partial charge in [0.1, 0.15) is 11.6 Å². The molecule has 35 heavy (non-hydrogen) atoms. The topological polar surface area (TPSA) is 107 Å². The number of ether oxygens (including phenoxy) is 1. The number of carbonyl (C=O) groups excluding carboxylic acids is 2. The number of anilines is 1. The van der Waals surface area contributed by atoms with Crippen LogP contribution in [0.25, 0.3) is 10.8 Å². The highest BCUT2D eigenvalue weighted by Gasteiger charge is 2.74. The number of likely N-dealkylation sites (tertiary alicyclic amines) is 1. The van der Waals surface area contributed by atoms with Gasteiger partial charge in [-0.1, -0.05) is 36.4 Å². The Labute approximate surface area is 203 Å². The summed E-state index contributed by atoms with van der Waals surface area (Å²) >= 11 is 0. The van der Waals surface area contributed by atoms with Crippen LogP contribution in [0, 0.1) is 11.8 Å². The van der Waals surface area contributed by atoms with Gasteiger partial charge < -0.3 is 24.7 Å². The minimum atomic E-state index is -1.16. The van der Waals surface area contributed by atoms with E-state index in [9.17, 15) is 24.6 Å². The fourth-order valence-electron chi connectivity index (χ4n) is 6.29. The van der Waals surface area contributed by atoms with Gasteiger partial charge in [-0.2, -0.15) is 0 Å². The van der Waals surface area contributed by atoms with Crippen LogP contribution in [0.1, 0.15) is 25.7 Å². The third-order valence-corrected chi connectivity index (χ3v) is 7.75. The molecule has 2 aromatic rings. The minimum absolute atomic E-state index is 0.0226. The molecule has 2 N–H and O–H groups in total. The summed E-state index contributed by atoms with van der Waals surface area (Å²) in [4.78, 5) is 43.1. The van der Waals surface area contributed by atoms with Gasteiger partial charge in [0.2, 0.25) is 5.91 Å². The van der Waals surface area contributed by atoms with E-state index < -0.39 is 35.6 Å². The van der Waals surface area contributed by atoms with Crippen molar-refractivity contribution in [1.29, 1.82) is 0 Å². The van der Waals surface area contributed by atoms with Crippen molar-refractivity contribution in [2.45, 2.75) is 43.4 Å². The number of rotatable bonds is 9. The SMILES string of the molecule is C=CCN(C(=O)[C@@H]1N(CCCCO)C(=O)[C@H]2[C@H](C(=O)O)[C@@H]3CC[C@]12O3)c1ccc2ccccc2c1. The van der Waals surface area contributed by atoms with Crippen LogP contribution in [0.4, 0.5) is 5.69 Å². The second kappa shape index (κ2) is 9.09. The van der Waals surface area contributed by atoms with Gasteiger partial charge in [-0.25, -0.2) is 0 Å². The molecule has 1 spiro atoms. The lowest BCUT2D eigenvalue weighted by Crippen LogP contribution is -2.56. The number of aliphatic hydroxyl groups excluding tert-OH is 1. The molecule has 2 amide bonds. The Hall–Kier alpha value is -3.23. The maximum Gasteiger partial charge on any atom is 0.310 e. The molecule has 3 aliphatic rings. The number of hydrogen-bond donors (Lipinski definition) is 2. The van der Waals surface area contributed by atoms with Crippen LogP contribution in [0.2, 0.25) is 0 Å². The quantitative estimate of drug-likeness (QED) is 0.424. The Morgan fingerprint density at radius 3 is 2.69 bits per heavy atom. The van der Waals surface area contributed by atoms with Gasteiger partial charge in [0, 0.05) is 25.4 Å². The van der Waals surface area contributed by atoms with E-state index in [4.69, 9.17) is 4.74 Å². The molecule has 2 bridgehead atoms. The number of nitrogens with zero attached hydrogens (tertiary/aromatic N) is 2. The average molecular weight is 479 g/mol. The number of benzene rings is 2. The molecule has 2 aromatic carbocycles. The third-order valence-electron chi connectivity index (χ3n) is 7.75. The molecule has 3 heterocycles. The third kappa shape index (κ3) is 3.63. The Morgan fingerprint density at radius 1 is 1.20 bits per heavy atom. The lowest BCUT2D eigenvalue weighted by atomic mass is 9.70. The van der Waals surface area contributed by atoms with Crippen molar-refractivity contribution in [2.75, 3.05) is 24.6 Å². The highest BCUT2D eigenvalue weighted by atomic mass is 16.5. The van der Waals surface area contributed by atoms with Crippen molar-refractivity contribution in [2.24, 2.45) is 11.8 Å². The molecule has 0 aromatic heterocycles. The summed E-state index contributed by atoms with van der Waals surface area (Å²) in [6.45, 7) is 4.30. The van der Waals surface area contributed by atoms with E-state index in [1.54, 1.807) is 11.0 Å². The molecular weight excluding hydrogens is 448 g/mol. The summed E-state index contributed by atoms with van der Waals surface area (Å²) < 4.78 is 6.27. The average Bonchev–Trinajstić information content (AvgIpc) is 3.49. The predicted molar refractivity (Wildman–Crippen MR) is 130 cm³/mol. The van der Waals surface area contributed by atoms with Gasteiger partial charge in [0.25, 0.3) is 5.91 Å². The van der Waals surface area contributed by atoms with Gasteiger partial charge in [-0.3, -0.25) is 14.4 Å². The number of carboxylic acid groups (broad SMARTS) is 1. The molecule has 3 fully saturated rings. The normalized spacial score (nSPS) is 28.9. The molecule has 3 aliphatic heterocycles. The fraction of sp³-hybridized carbons (Fsp3) is 0.444. The Morgan fingerprint density at radius 2 is 1.97 bits per heavy atom. The van der Waals surface area contributed by atoms with Crippen LogP contribution in [0.15, 0.2) is 55.1 Å². The molecule has 0 aliphatic carbocycles. The number of hydrogen-bond acceptors (Lipinski definition) is 5. The number of carbonyl (C=O) groups is 3. The van der Waals surface area contributed by atoms with Crippen LogP contribution >= 0.6 is 0 Å². The summed E-state index contributed by atoms with van der Waals surface area (Å²) in [6, 6.07) is 12.7. The van der Waals surface area contributed by atoms with E-state index in [1.807, 2.05) is 42.5 Å². The van der Waals surface area contributed by atoms with Gasteiger partial charge in [0.05, 0.1) is 17.9 Å². The summed E-state index contributed by atoms with van der Waals surface area (Å²) in [7, 11) is 0. The summed E-state index contributed by atoms with van der Waals surface area (Å²) in [5.74, 6) is -3.54. The largest absolute Gasteiger partial charge is 0.481 e. The minimum Gasteiger partial charge on any atom is -0.481 e. The highest BCUT2D eigenvalue weighted by Crippen LogP contribution is 2.58. The molecule has 0 saturated carbocycles. The first-order valence-electron chi connectivity index (χ1n) is 12.2. The van der Waals surface area contributed by atoms with Crippen LogP contribution < -0.4 is 4.90 Å². The first-order chi connectivity index (χ1) is 16.9. The molecule has 184 valence electrons. The van der Waals surface area contributed by atoms with E-state index in [0.717, 1.165) is 10.8 Å². The van der Waals surface area contributed by atoms with Gasteiger partial charge in [-0.05, 0) is 48.6 Å². The smallest absolute Gasteiger partial charge is 0.310 e. The van der Waals surface area contributed by atoms with Crippen molar-refractivity contribution in [3.05, 3.63) is 55.1 Å². The summed E-state index contributed by atoms with van der Waals surface area (Å²) in [6.07, 6.45) is 3.03. The Bertz CT molecular complexity index is 1180. The standard InChI is InChI=1S/C27H30N2O6/c1-2-13-28(19-10-9-17-7-3-4-8-18(17)16-19)25(32)23-27-12-11-20(35-27)21(26(33)34)22(27)24(31)29(23)14-5-6-15-30/h2-4,7-10,16,20-23,30H,1,5-6,11-15H2,(H,33,34)/t20-,21+,22+,23-,27+/m0/s1. The predicted octanol–water partition coefficient (Wildman–Crippen LogP) is 2.59. The van der Waals surface area contributed by atoms with Crippen molar-refractivity contribution in [3.63, 3.8) is 0 Å². The first-order valence-corrected chi connectivity index (χ1v) is 12.2. The van der Waals surface area contributed by atoms with Crippen molar-refractivity contribution in [3.8, 4) is 0 Å². The van der Waals surface area contributed by atoms with Gasteiger partial charge in [-0.15, -0.1) is 6.58 Å². The summed E-state index contributed by atoms with van der Waals surface area (Å²) in [5, 5.41) is 21.2. The van der Waals surface area contributed by atoms with Crippen LogP contribution in [0.3, 0.4) is 0 Å². The first kappa shape index (κ1) is 23.5. The molecule has 0 radical (unpaired) electrons. The molecule has 0 unspecified atom stereocenters. The van der Waals surface area contributed by atoms with Crippen LogP contribution in [-0.2, 0) is 19.1 Å². The number of aliphatic carboxylic acids is 1. The zero-order valence-electron chi connectivity index (χ0n) is 19.5.